The monoisotopic (exact) mass is 350 g/mol. The van der Waals surface area contributed by atoms with Crippen LogP contribution in [0.25, 0.3) is 11.0 Å². The van der Waals surface area contributed by atoms with E-state index in [1.54, 1.807) is 0 Å². The van der Waals surface area contributed by atoms with E-state index < -0.39 is 0 Å². The van der Waals surface area contributed by atoms with E-state index in [1.165, 1.54) is 11.1 Å². The minimum absolute atomic E-state index is 0.518. The molecule has 2 heterocycles. The summed E-state index contributed by atoms with van der Waals surface area (Å²) in [6.45, 7) is 8.39. The summed E-state index contributed by atoms with van der Waals surface area (Å²) in [6, 6.07) is 10.2. The molecule has 0 atom stereocenters. The number of aliphatic imine (C=N–C) groups is 1. The molecular weight excluding hydrogens is 324 g/mol. The maximum atomic E-state index is 5.95. The number of furan rings is 1. The predicted molar refractivity (Wildman–Crippen MR) is 106 cm³/mol. The number of aromatic nitrogens is 1. The van der Waals surface area contributed by atoms with Crippen molar-refractivity contribution in [3.05, 3.63) is 65.2 Å². The molecule has 5 heteroatoms. The van der Waals surface area contributed by atoms with Crippen molar-refractivity contribution in [2.45, 2.75) is 33.7 Å². The average Bonchev–Trinajstić information content (AvgIpc) is 2.97. The van der Waals surface area contributed by atoms with Crippen LogP contribution in [0.1, 0.15) is 29.4 Å². The Bertz CT molecular complexity index is 898. The van der Waals surface area contributed by atoms with Gasteiger partial charge in [0.2, 0.25) is 0 Å². The van der Waals surface area contributed by atoms with Gasteiger partial charge in [-0.25, -0.2) is 4.99 Å². The van der Waals surface area contributed by atoms with E-state index in [0.29, 0.717) is 6.54 Å². The standard InChI is InChI=1S/C21H26N4O/c1-4-23-21(24-12-10-17-9-11-22-13-15(17)2)25-14-20-16(3)18-7-5-6-8-19(18)26-20/h5-9,11,13H,4,10,12,14H2,1-3H3,(H2,23,24,25). The van der Waals surface area contributed by atoms with Gasteiger partial charge in [-0.2, -0.15) is 0 Å². The molecule has 1 aromatic carbocycles. The fourth-order valence-electron chi connectivity index (χ4n) is 2.97. The Hall–Kier alpha value is -2.82. The van der Waals surface area contributed by atoms with E-state index in [4.69, 9.17) is 4.42 Å². The number of hydrogen-bond acceptors (Lipinski definition) is 3. The second kappa shape index (κ2) is 8.52. The molecule has 5 nitrogen and oxygen atoms in total. The Morgan fingerprint density at radius 2 is 2.00 bits per heavy atom. The first-order valence-corrected chi connectivity index (χ1v) is 9.07. The fraction of sp³-hybridized carbons (Fsp3) is 0.333. The van der Waals surface area contributed by atoms with Crippen LogP contribution in [0.5, 0.6) is 0 Å². The van der Waals surface area contributed by atoms with Gasteiger partial charge >= 0.3 is 0 Å². The minimum Gasteiger partial charge on any atom is -0.459 e. The van der Waals surface area contributed by atoms with Crippen molar-refractivity contribution in [1.82, 2.24) is 15.6 Å². The second-order valence-corrected chi connectivity index (χ2v) is 6.32. The number of hydrogen-bond donors (Lipinski definition) is 2. The summed E-state index contributed by atoms with van der Waals surface area (Å²) in [5.74, 6) is 1.72. The Kier molecular flexibility index (Phi) is 5.89. The summed E-state index contributed by atoms with van der Waals surface area (Å²) in [6.07, 6.45) is 4.67. The molecular formula is C21H26N4O. The number of rotatable bonds is 6. The van der Waals surface area contributed by atoms with Gasteiger partial charge in [-0.05, 0) is 50.5 Å². The summed E-state index contributed by atoms with van der Waals surface area (Å²) in [5.41, 5.74) is 4.60. The molecule has 26 heavy (non-hydrogen) atoms. The van der Waals surface area contributed by atoms with Crippen LogP contribution in [0.3, 0.4) is 0 Å². The number of benzene rings is 1. The van der Waals surface area contributed by atoms with E-state index in [9.17, 15) is 0 Å². The number of guanidine groups is 1. The lowest BCUT2D eigenvalue weighted by Gasteiger charge is -2.12. The van der Waals surface area contributed by atoms with Crippen LogP contribution in [0.2, 0.25) is 0 Å². The van der Waals surface area contributed by atoms with Crippen LogP contribution in [0, 0.1) is 13.8 Å². The molecule has 3 rings (SSSR count). The summed E-state index contributed by atoms with van der Waals surface area (Å²) in [7, 11) is 0. The molecule has 0 aliphatic rings. The molecule has 0 amide bonds. The predicted octanol–water partition coefficient (Wildman–Crippen LogP) is 3.74. The van der Waals surface area contributed by atoms with Crippen molar-refractivity contribution in [3.8, 4) is 0 Å². The molecule has 3 aromatic rings. The molecule has 0 fully saturated rings. The van der Waals surface area contributed by atoms with Crippen molar-refractivity contribution < 1.29 is 4.42 Å². The largest absolute Gasteiger partial charge is 0.459 e. The molecule has 2 aromatic heterocycles. The van der Waals surface area contributed by atoms with E-state index in [0.717, 1.165) is 47.8 Å². The normalized spacial score (nSPS) is 11.7. The number of fused-ring (bicyclic) bond motifs is 1. The maximum Gasteiger partial charge on any atom is 0.191 e. The lowest BCUT2D eigenvalue weighted by Crippen LogP contribution is -2.38. The van der Waals surface area contributed by atoms with E-state index in [1.807, 2.05) is 30.6 Å². The van der Waals surface area contributed by atoms with Crippen molar-refractivity contribution in [2.75, 3.05) is 13.1 Å². The lowest BCUT2D eigenvalue weighted by molar-refractivity contribution is 0.548. The zero-order valence-electron chi connectivity index (χ0n) is 15.7. The number of nitrogens with zero attached hydrogens (tertiary/aromatic N) is 2. The zero-order valence-corrected chi connectivity index (χ0v) is 15.7. The van der Waals surface area contributed by atoms with Crippen LogP contribution in [-0.2, 0) is 13.0 Å². The average molecular weight is 350 g/mol. The van der Waals surface area contributed by atoms with Gasteiger partial charge in [-0.1, -0.05) is 18.2 Å². The highest BCUT2D eigenvalue weighted by molar-refractivity contribution is 5.82. The summed E-state index contributed by atoms with van der Waals surface area (Å²) in [4.78, 5) is 8.82. The van der Waals surface area contributed by atoms with Gasteiger partial charge in [0.1, 0.15) is 17.9 Å². The maximum absolute atomic E-state index is 5.95. The summed E-state index contributed by atoms with van der Waals surface area (Å²) >= 11 is 0. The molecule has 0 aliphatic carbocycles. The van der Waals surface area contributed by atoms with Crippen molar-refractivity contribution >= 4 is 16.9 Å². The quantitative estimate of drug-likeness (QED) is 0.525. The molecule has 0 radical (unpaired) electrons. The molecule has 0 saturated carbocycles. The molecule has 0 saturated heterocycles. The molecule has 2 N–H and O–H groups in total. The van der Waals surface area contributed by atoms with Gasteiger partial charge in [-0.3, -0.25) is 4.98 Å². The van der Waals surface area contributed by atoms with Gasteiger partial charge in [-0.15, -0.1) is 0 Å². The van der Waals surface area contributed by atoms with Gasteiger partial charge in [0.25, 0.3) is 0 Å². The summed E-state index contributed by atoms with van der Waals surface area (Å²) < 4.78 is 5.95. The molecule has 0 unspecified atom stereocenters. The number of para-hydroxylation sites is 1. The van der Waals surface area contributed by atoms with Crippen LogP contribution >= 0.6 is 0 Å². The third kappa shape index (κ3) is 4.23. The van der Waals surface area contributed by atoms with Crippen LogP contribution in [-0.4, -0.2) is 24.0 Å². The first kappa shape index (κ1) is 18.0. The van der Waals surface area contributed by atoms with Crippen LogP contribution in [0.15, 0.2) is 52.1 Å². The van der Waals surface area contributed by atoms with Gasteiger partial charge in [0.05, 0.1) is 0 Å². The second-order valence-electron chi connectivity index (χ2n) is 6.32. The molecule has 0 aliphatic heterocycles. The third-order valence-corrected chi connectivity index (χ3v) is 4.49. The minimum atomic E-state index is 0.518. The van der Waals surface area contributed by atoms with Crippen molar-refractivity contribution in [1.29, 1.82) is 0 Å². The van der Waals surface area contributed by atoms with Gasteiger partial charge in [0, 0.05) is 36.4 Å². The van der Waals surface area contributed by atoms with Crippen molar-refractivity contribution in [3.63, 3.8) is 0 Å². The lowest BCUT2D eigenvalue weighted by atomic mass is 10.1. The smallest absolute Gasteiger partial charge is 0.191 e. The van der Waals surface area contributed by atoms with Gasteiger partial charge < -0.3 is 15.1 Å². The fourth-order valence-corrected chi connectivity index (χ4v) is 2.97. The Morgan fingerprint density at radius 1 is 1.15 bits per heavy atom. The van der Waals surface area contributed by atoms with E-state index in [-0.39, 0.29) is 0 Å². The Labute approximate surface area is 154 Å². The van der Waals surface area contributed by atoms with Crippen molar-refractivity contribution in [2.24, 2.45) is 4.99 Å². The van der Waals surface area contributed by atoms with E-state index in [2.05, 4.69) is 53.5 Å². The highest BCUT2D eigenvalue weighted by atomic mass is 16.3. The molecule has 0 spiro atoms. The zero-order chi connectivity index (χ0) is 18.4. The highest BCUT2D eigenvalue weighted by Gasteiger charge is 2.09. The van der Waals surface area contributed by atoms with E-state index >= 15 is 0 Å². The first-order chi connectivity index (χ1) is 12.7. The van der Waals surface area contributed by atoms with Crippen LogP contribution < -0.4 is 10.6 Å². The first-order valence-electron chi connectivity index (χ1n) is 9.07. The topological polar surface area (TPSA) is 62.5 Å². The highest BCUT2D eigenvalue weighted by Crippen LogP contribution is 2.25. The van der Waals surface area contributed by atoms with Crippen LogP contribution in [0.4, 0.5) is 0 Å². The number of pyridine rings is 1. The van der Waals surface area contributed by atoms with Gasteiger partial charge in [0.15, 0.2) is 5.96 Å². The Balaban J connectivity index is 1.64. The summed E-state index contributed by atoms with van der Waals surface area (Å²) in [5, 5.41) is 7.84. The third-order valence-electron chi connectivity index (χ3n) is 4.49. The SMILES string of the molecule is CCNC(=NCc1oc2ccccc2c1C)NCCc1ccncc1C. The Morgan fingerprint density at radius 3 is 2.77 bits per heavy atom. The molecule has 0 bridgehead atoms. The molecule has 136 valence electrons. The number of nitrogens with one attached hydrogen (secondary N) is 2. The number of aryl methyl sites for hydroxylation is 2.